The minimum atomic E-state index is -0.919. The minimum Gasteiger partial charge on any atom is -0.451 e. The number of hydrogen-bond acceptors (Lipinski definition) is 4. The number of esters is 1. The molecule has 0 spiro atoms. The van der Waals surface area contributed by atoms with Crippen LogP contribution in [0.15, 0.2) is 48.5 Å². The number of rotatable bonds is 6. The van der Waals surface area contributed by atoms with Crippen LogP contribution in [-0.4, -0.2) is 35.2 Å². The van der Waals surface area contributed by atoms with Gasteiger partial charge in [-0.05, 0) is 43.2 Å². The Hall–Kier alpha value is -2.66. The van der Waals surface area contributed by atoms with E-state index in [0.717, 1.165) is 18.5 Å². The second-order valence-corrected chi connectivity index (χ2v) is 6.97. The van der Waals surface area contributed by atoms with Gasteiger partial charge in [-0.2, -0.15) is 0 Å². The Morgan fingerprint density at radius 1 is 1.15 bits per heavy atom. The number of likely N-dealkylation sites (tertiary alicyclic amines) is 1. The molecule has 0 aromatic heterocycles. The van der Waals surface area contributed by atoms with E-state index in [1.165, 1.54) is 6.92 Å². The predicted molar refractivity (Wildman–Crippen MR) is 102 cm³/mol. The summed E-state index contributed by atoms with van der Waals surface area (Å²) >= 11 is 5.90. The van der Waals surface area contributed by atoms with Crippen molar-refractivity contribution >= 4 is 29.3 Å². The Balaban J connectivity index is 1.60. The third-order valence-corrected chi connectivity index (χ3v) is 4.73. The number of ether oxygens (including phenoxy) is 1. The van der Waals surface area contributed by atoms with Crippen LogP contribution in [0.5, 0.6) is 0 Å². The van der Waals surface area contributed by atoms with Crippen molar-refractivity contribution in [2.24, 2.45) is 0 Å². The lowest BCUT2D eigenvalue weighted by Gasteiger charge is -2.16. The molecule has 0 unspecified atom stereocenters. The maximum absolute atomic E-state index is 12.4. The van der Waals surface area contributed by atoms with Crippen molar-refractivity contribution in [2.45, 2.75) is 32.4 Å². The van der Waals surface area contributed by atoms with Crippen LogP contribution in [0.1, 0.15) is 46.0 Å². The van der Waals surface area contributed by atoms with E-state index in [0.29, 0.717) is 29.1 Å². The fraction of sp³-hybridized carbons (Fsp3) is 0.286. The molecule has 2 aromatic rings. The Kier molecular flexibility index (Phi) is 5.91. The molecule has 0 saturated carbocycles. The van der Waals surface area contributed by atoms with Crippen LogP contribution in [0.4, 0.5) is 0 Å². The molecule has 1 aliphatic rings. The molecule has 0 N–H and O–H groups in total. The molecule has 5 nitrogen and oxygen atoms in total. The van der Waals surface area contributed by atoms with Crippen LogP contribution in [0.2, 0.25) is 5.02 Å². The van der Waals surface area contributed by atoms with Crippen LogP contribution in [-0.2, 0) is 16.1 Å². The van der Waals surface area contributed by atoms with E-state index in [4.69, 9.17) is 16.3 Å². The van der Waals surface area contributed by atoms with Crippen molar-refractivity contribution in [3.63, 3.8) is 0 Å². The Morgan fingerprint density at radius 3 is 2.52 bits per heavy atom. The van der Waals surface area contributed by atoms with Crippen molar-refractivity contribution in [1.82, 2.24) is 4.90 Å². The molecule has 1 atom stereocenters. The van der Waals surface area contributed by atoms with E-state index in [2.05, 4.69) is 0 Å². The minimum absolute atomic E-state index is 0.159. The normalized spacial score (nSPS) is 14.9. The summed E-state index contributed by atoms with van der Waals surface area (Å²) < 4.78 is 5.29. The molecular weight excluding hydrogens is 366 g/mol. The number of amides is 1. The fourth-order valence-corrected chi connectivity index (χ4v) is 3.19. The molecule has 1 aliphatic heterocycles. The first-order valence-corrected chi connectivity index (χ1v) is 9.19. The molecule has 2 aromatic carbocycles. The van der Waals surface area contributed by atoms with Crippen molar-refractivity contribution in [3.8, 4) is 0 Å². The highest BCUT2D eigenvalue weighted by Gasteiger charge is 2.22. The average Bonchev–Trinajstić information content (AvgIpc) is 3.06. The smallest absolute Gasteiger partial charge is 0.338 e. The fourth-order valence-electron chi connectivity index (χ4n) is 3.00. The highest BCUT2D eigenvalue weighted by atomic mass is 35.5. The second-order valence-electron chi connectivity index (χ2n) is 6.54. The standard InChI is InChI=1S/C21H20ClNO4/c1-14(20(25)17-4-2-5-18(22)12-17)27-21(26)16-9-7-15(8-10-16)13-23-11-3-6-19(23)24/h2,4-5,7-10,12,14H,3,6,11,13H2,1H3/t14-/m0/s1. The third kappa shape index (κ3) is 4.74. The average molecular weight is 386 g/mol. The van der Waals surface area contributed by atoms with E-state index in [1.807, 2.05) is 0 Å². The maximum Gasteiger partial charge on any atom is 0.338 e. The van der Waals surface area contributed by atoms with Gasteiger partial charge in [0, 0.05) is 30.1 Å². The van der Waals surface area contributed by atoms with E-state index in [1.54, 1.807) is 53.4 Å². The number of halogens is 1. The number of Topliss-reactive ketones (excluding diaryl/α,β-unsaturated/α-hetero) is 1. The third-order valence-electron chi connectivity index (χ3n) is 4.50. The lowest BCUT2D eigenvalue weighted by atomic mass is 10.1. The first-order chi connectivity index (χ1) is 12.9. The Labute approximate surface area is 162 Å². The van der Waals surface area contributed by atoms with Gasteiger partial charge in [0.1, 0.15) is 0 Å². The number of ketones is 1. The molecule has 1 amide bonds. The van der Waals surface area contributed by atoms with Gasteiger partial charge in [-0.3, -0.25) is 9.59 Å². The highest BCUT2D eigenvalue weighted by molar-refractivity contribution is 6.31. The van der Waals surface area contributed by atoms with Crippen molar-refractivity contribution in [2.75, 3.05) is 6.54 Å². The predicted octanol–water partition coefficient (Wildman–Crippen LogP) is 3.89. The SMILES string of the molecule is C[C@H](OC(=O)c1ccc(CN2CCCC2=O)cc1)C(=O)c1cccc(Cl)c1. The molecule has 0 bridgehead atoms. The number of carbonyl (C=O) groups excluding carboxylic acids is 3. The van der Waals surface area contributed by atoms with Gasteiger partial charge in [0.05, 0.1) is 5.56 Å². The molecule has 1 fully saturated rings. The zero-order valence-corrected chi connectivity index (χ0v) is 15.7. The monoisotopic (exact) mass is 385 g/mol. The molecule has 3 rings (SSSR count). The highest BCUT2D eigenvalue weighted by Crippen LogP contribution is 2.17. The van der Waals surface area contributed by atoms with Gasteiger partial charge >= 0.3 is 5.97 Å². The molecule has 1 saturated heterocycles. The summed E-state index contributed by atoms with van der Waals surface area (Å²) in [6.45, 7) is 2.85. The van der Waals surface area contributed by atoms with Crippen molar-refractivity contribution in [3.05, 3.63) is 70.2 Å². The summed E-state index contributed by atoms with van der Waals surface area (Å²) in [6.07, 6.45) is 0.572. The van der Waals surface area contributed by atoms with Gasteiger partial charge in [0.2, 0.25) is 11.7 Å². The van der Waals surface area contributed by atoms with Gasteiger partial charge in [-0.15, -0.1) is 0 Å². The van der Waals surface area contributed by atoms with E-state index in [-0.39, 0.29) is 11.7 Å². The topological polar surface area (TPSA) is 63.7 Å². The largest absolute Gasteiger partial charge is 0.451 e. The number of benzene rings is 2. The summed E-state index contributed by atoms with van der Waals surface area (Å²) in [5.41, 5.74) is 1.70. The van der Waals surface area contributed by atoms with Gasteiger partial charge in [-0.1, -0.05) is 35.9 Å². The van der Waals surface area contributed by atoms with Crippen LogP contribution in [0, 0.1) is 0 Å². The summed E-state index contributed by atoms with van der Waals surface area (Å²) in [4.78, 5) is 38.2. The van der Waals surface area contributed by atoms with Gasteiger partial charge < -0.3 is 9.64 Å². The summed E-state index contributed by atoms with van der Waals surface area (Å²) in [7, 11) is 0. The zero-order chi connectivity index (χ0) is 19.4. The molecule has 0 radical (unpaired) electrons. The first kappa shape index (κ1) is 19.1. The summed E-state index contributed by atoms with van der Waals surface area (Å²) in [5.74, 6) is -0.719. The van der Waals surface area contributed by atoms with Crippen LogP contribution in [0.3, 0.4) is 0 Å². The van der Waals surface area contributed by atoms with Crippen LogP contribution in [0.25, 0.3) is 0 Å². The van der Waals surface area contributed by atoms with Crippen molar-refractivity contribution < 1.29 is 19.1 Å². The lowest BCUT2D eigenvalue weighted by molar-refractivity contribution is -0.128. The van der Waals surface area contributed by atoms with Gasteiger partial charge in [-0.25, -0.2) is 4.79 Å². The maximum atomic E-state index is 12.4. The van der Waals surface area contributed by atoms with Gasteiger partial charge in [0.15, 0.2) is 6.10 Å². The molecule has 140 valence electrons. The van der Waals surface area contributed by atoms with E-state index < -0.39 is 12.1 Å². The van der Waals surface area contributed by atoms with E-state index in [9.17, 15) is 14.4 Å². The molecule has 27 heavy (non-hydrogen) atoms. The van der Waals surface area contributed by atoms with Crippen LogP contribution >= 0.6 is 11.6 Å². The zero-order valence-electron chi connectivity index (χ0n) is 15.0. The number of carbonyl (C=O) groups is 3. The first-order valence-electron chi connectivity index (χ1n) is 8.81. The molecule has 1 heterocycles. The summed E-state index contributed by atoms with van der Waals surface area (Å²) in [5, 5.41) is 0.450. The van der Waals surface area contributed by atoms with E-state index >= 15 is 0 Å². The van der Waals surface area contributed by atoms with Crippen molar-refractivity contribution in [1.29, 1.82) is 0 Å². The lowest BCUT2D eigenvalue weighted by Crippen LogP contribution is -2.25. The second kappa shape index (κ2) is 8.35. The van der Waals surface area contributed by atoms with Gasteiger partial charge in [0.25, 0.3) is 0 Å². The summed E-state index contributed by atoms with van der Waals surface area (Å²) in [6, 6.07) is 13.4. The molecule has 0 aliphatic carbocycles. The van der Waals surface area contributed by atoms with Crippen LogP contribution < -0.4 is 0 Å². The quantitative estimate of drug-likeness (QED) is 0.559. The number of hydrogen-bond donors (Lipinski definition) is 0. The Bertz CT molecular complexity index is 863. The number of nitrogens with zero attached hydrogens (tertiary/aromatic N) is 1. The Morgan fingerprint density at radius 2 is 1.89 bits per heavy atom. The molecule has 6 heteroatoms. The molecular formula is C21H20ClNO4.